The molecule has 0 unspecified atom stereocenters. The van der Waals surface area contributed by atoms with Crippen LogP contribution in [0.5, 0.6) is 0 Å². The fourth-order valence-electron chi connectivity index (χ4n) is 2.36. The molecule has 0 radical (unpaired) electrons. The highest BCUT2D eigenvalue weighted by atomic mass is 35.5. The van der Waals surface area contributed by atoms with Crippen LogP contribution in [0.2, 0.25) is 5.02 Å². The predicted octanol–water partition coefficient (Wildman–Crippen LogP) is 2.85. The van der Waals surface area contributed by atoms with Gasteiger partial charge in [-0.15, -0.1) is 0 Å². The summed E-state index contributed by atoms with van der Waals surface area (Å²) in [5.41, 5.74) is 3.30. The summed E-state index contributed by atoms with van der Waals surface area (Å²) < 4.78 is 28.9. The highest BCUT2D eigenvalue weighted by molar-refractivity contribution is 7.88. The molecule has 120 valence electrons. The van der Waals surface area contributed by atoms with E-state index >= 15 is 0 Å². The Kier molecular flexibility index (Phi) is 4.39. The number of hydrogen-bond donors (Lipinski definition) is 1. The minimum Gasteiger partial charge on any atom is -0.334 e. The molecule has 0 aliphatic heterocycles. The summed E-state index contributed by atoms with van der Waals surface area (Å²) in [5, 5.41) is 0.452. The topological polar surface area (TPSA) is 64.0 Å². The van der Waals surface area contributed by atoms with Crippen molar-refractivity contribution >= 4 is 32.7 Å². The lowest BCUT2D eigenvalue weighted by atomic mass is 10.2. The van der Waals surface area contributed by atoms with E-state index in [0.29, 0.717) is 10.6 Å². The quantitative estimate of drug-likeness (QED) is 0.770. The van der Waals surface area contributed by atoms with Crippen LogP contribution < -0.4 is 4.72 Å². The van der Waals surface area contributed by atoms with Crippen LogP contribution in [0, 0.1) is 0 Å². The first-order chi connectivity index (χ1) is 10.9. The fraction of sp³-hybridized carbons (Fsp3) is 0.188. The summed E-state index contributed by atoms with van der Waals surface area (Å²) >= 11 is 6.01. The Morgan fingerprint density at radius 2 is 2.00 bits per heavy atom. The number of rotatable bonds is 5. The third-order valence-corrected chi connectivity index (χ3v) is 5.23. The number of halogens is 1. The molecule has 0 saturated carbocycles. The normalized spacial score (nSPS) is 11.9. The van der Waals surface area contributed by atoms with Gasteiger partial charge in [0.15, 0.2) is 0 Å². The zero-order valence-electron chi connectivity index (χ0n) is 12.5. The summed E-state index contributed by atoms with van der Waals surface area (Å²) in [7, 11) is -1.55. The molecule has 3 rings (SSSR count). The van der Waals surface area contributed by atoms with Gasteiger partial charge in [-0.1, -0.05) is 35.9 Å². The number of benzene rings is 2. The Morgan fingerprint density at radius 3 is 2.78 bits per heavy atom. The van der Waals surface area contributed by atoms with Gasteiger partial charge in [0.25, 0.3) is 0 Å². The largest absolute Gasteiger partial charge is 0.334 e. The van der Waals surface area contributed by atoms with Gasteiger partial charge in [0.2, 0.25) is 10.0 Å². The number of imidazole rings is 1. The van der Waals surface area contributed by atoms with Crippen LogP contribution in [0.4, 0.5) is 0 Å². The Morgan fingerprint density at radius 1 is 1.22 bits per heavy atom. The van der Waals surface area contributed by atoms with Crippen LogP contribution in [0.15, 0.2) is 48.8 Å². The fourth-order valence-corrected chi connectivity index (χ4v) is 3.79. The molecule has 0 atom stereocenters. The second-order valence-corrected chi connectivity index (χ2v) is 7.56. The molecule has 3 aromatic rings. The monoisotopic (exact) mass is 349 g/mol. The molecule has 0 bridgehead atoms. The first-order valence-corrected chi connectivity index (χ1v) is 9.08. The van der Waals surface area contributed by atoms with Crippen LogP contribution in [0.1, 0.15) is 11.1 Å². The van der Waals surface area contributed by atoms with Crippen molar-refractivity contribution in [1.82, 2.24) is 14.3 Å². The number of fused-ring (bicyclic) bond motifs is 1. The molecule has 0 amide bonds. The summed E-state index contributed by atoms with van der Waals surface area (Å²) in [4.78, 5) is 4.27. The molecule has 5 nitrogen and oxygen atoms in total. The number of nitrogens with one attached hydrogen (secondary N) is 1. The minimum absolute atomic E-state index is 0.140. The first-order valence-electron chi connectivity index (χ1n) is 7.05. The molecule has 0 saturated heterocycles. The summed E-state index contributed by atoms with van der Waals surface area (Å²) in [5.74, 6) is -0.140. The van der Waals surface area contributed by atoms with E-state index in [4.69, 9.17) is 11.6 Å². The molecule has 1 N–H and O–H groups in total. The van der Waals surface area contributed by atoms with Crippen LogP contribution in [0.25, 0.3) is 11.0 Å². The van der Waals surface area contributed by atoms with Gasteiger partial charge < -0.3 is 4.57 Å². The minimum atomic E-state index is -3.46. The van der Waals surface area contributed by atoms with Crippen molar-refractivity contribution in [2.24, 2.45) is 7.05 Å². The van der Waals surface area contributed by atoms with Gasteiger partial charge in [0, 0.05) is 18.6 Å². The maximum absolute atomic E-state index is 12.2. The predicted molar refractivity (Wildman–Crippen MR) is 91.6 cm³/mol. The average molecular weight is 350 g/mol. The molecule has 1 aromatic heterocycles. The Hall–Kier alpha value is -1.89. The van der Waals surface area contributed by atoms with Crippen molar-refractivity contribution < 1.29 is 8.42 Å². The van der Waals surface area contributed by atoms with E-state index in [1.165, 1.54) is 0 Å². The zero-order chi connectivity index (χ0) is 16.4. The summed E-state index contributed by atoms with van der Waals surface area (Å²) in [6.07, 6.45) is 1.73. The van der Waals surface area contributed by atoms with E-state index in [1.54, 1.807) is 30.6 Å². The molecule has 1 heterocycles. The number of hydrogen-bond acceptors (Lipinski definition) is 3. The molecular formula is C16H16ClN3O2S. The van der Waals surface area contributed by atoms with Gasteiger partial charge in [-0.2, -0.15) is 0 Å². The van der Waals surface area contributed by atoms with Crippen molar-refractivity contribution in [3.8, 4) is 0 Å². The Bertz CT molecular complexity index is 951. The first kappa shape index (κ1) is 16.0. The molecule has 23 heavy (non-hydrogen) atoms. The molecular weight excluding hydrogens is 334 g/mol. The van der Waals surface area contributed by atoms with Crippen molar-refractivity contribution in [2.75, 3.05) is 0 Å². The zero-order valence-corrected chi connectivity index (χ0v) is 14.1. The number of aryl methyl sites for hydroxylation is 1. The Balaban J connectivity index is 1.71. The number of nitrogens with zero attached hydrogens (tertiary/aromatic N) is 2. The van der Waals surface area contributed by atoms with Gasteiger partial charge in [0.1, 0.15) is 0 Å². The molecule has 0 spiro atoms. The van der Waals surface area contributed by atoms with E-state index < -0.39 is 10.0 Å². The van der Waals surface area contributed by atoms with Crippen LogP contribution in [-0.4, -0.2) is 18.0 Å². The molecule has 0 aliphatic rings. The van der Waals surface area contributed by atoms with E-state index in [0.717, 1.165) is 16.6 Å². The van der Waals surface area contributed by atoms with Crippen molar-refractivity contribution in [2.45, 2.75) is 12.3 Å². The van der Waals surface area contributed by atoms with E-state index in [9.17, 15) is 8.42 Å². The Labute approximate surface area is 140 Å². The van der Waals surface area contributed by atoms with Gasteiger partial charge >= 0.3 is 0 Å². The number of aromatic nitrogens is 2. The van der Waals surface area contributed by atoms with Crippen molar-refractivity contribution in [1.29, 1.82) is 0 Å². The highest BCUT2D eigenvalue weighted by Gasteiger charge is 2.13. The average Bonchev–Trinajstić information content (AvgIpc) is 2.89. The maximum atomic E-state index is 12.2. The van der Waals surface area contributed by atoms with Gasteiger partial charge in [0.05, 0.1) is 23.1 Å². The van der Waals surface area contributed by atoms with E-state index in [2.05, 4.69) is 9.71 Å². The SMILES string of the molecule is Cn1cnc2cc(CNS(=O)(=O)Cc3ccccc3Cl)ccc21. The molecule has 7 heteroatoms. The maximum Gasteiger partial charge on any atom is 0.216 e. The molecule has 0 fully saturated rings. The van der Waals surface area contributed by atoms with E-state index in [1.807, 2.05) is 29.8 Å². The second-order valence-electron chi connectivity index (χ2n) is 5.35. The van der Waals surface area contributed by atoms with Crippen LogP contribution in [0.3, 0.4) is 0 Å². The lowest BCUT2D eigenvalue weighted by Crippen LogP contribution is -2.24. The summed E-state index contributed by atoms with van der Waals surface area (Å²) in [6, 6.07) is 12.6. The lowest BCUT2D eigenvalue weighted by Gasteiger charge is -2.08. The van der Waals surface area contributed by atoms with Crippen molar-refractivity contribution in [3.05, 3.63) is 64.9 Å². The van der Waals surface area contributed by atoms with Crippen molar-refractivity contribution in [3.63, 3.8) is 0 Å². The highest BCUT2D eigenvalue weighted by Crippen LogP contribution is 2.18. The third-order valence-electron chi connectivity index (χ3n) is 3.59. The lowest BCUT2D eigenvalue weighted by molar-refractivity contribution is 0.580. The third kappa shape index (κ3) is 3.72. The van der Waals surface area contributed by atoms with Crippen LogP contribution >= 0.6 is 11.6 Å². The number of sulfonamides is 1. The molecule has 2 aromatic carbocycles. The summed E-state index contributed by atoms with van der Waals surface area (Å²) in [6.45, 7) is 0.222. The second kappa shape index (κ2) is 6.31. The van der Waals surface area contributed by atoms with Gasteiger partial charge in [-0.3, -0.25) is 0 Å². The van der Waals surface area contributed by atoms with Gasteiger partial charge in [-0.05, 0) is 29.3 Å². The van der Waals surface area contributed by atoms with Gasteiger partial charge in [-0.25, -0.2) is 18.1 Å². The van der Waals surface area contributed by atoms with E-state index in [-0.39, 0.29) is 12.3 Å². The van der Waals surface area contributed by atoms with Crippen LogP contribution in [-0.2, 0) is 29.4 Å². The smallest absolute Gasteiger partial charge is 0.216 e. The molecule has 0 aliphatic carbocycles. The standard InChI is InChI=1S/C16H16ClN3O2S/c1-20-11-18-15-8-12(6-7-16(15)20)9-19-23(21,22)10-13-4-2-3-5-14(13)17/h2-8,11,19H,9-10H2,1H3.